The van der Waals surface area contributed by atoms with Crippen molar-refractivity contribution in [3.05, 3.63) is 92.0 Å². The number of hydrogen-bond donors (Lipinski definition) is 1. The number of thioether (sulfide) groups is 1. The number of rotatable bonds is 15. The zero-order chi connectivity index (χ0) is 34.7. The molecular formula is C39H44BrN3O5S. The van der Waals surface area contributed by atoms with Gasteiger partial charge in [0.25, 0.3) is 5.91 Å². The molecule has 6 atom stereocenters. The quantitative estimate of drug-likeness (QED) is 0.107. The van der Waals surface area contributed by atoms with Crippen molar-refractivity contribution in [1.82, 2.24) is 4.90 Å². The van der Waals surface area contributed by atoms with Gasteiger partial charge in [-0.2, -0.15) is 0 Å². The van der Waals surface area contributed by atoms with Crippen LogP contribution < -0.4 is 14.5 Å². The van der Waals surface area contributed by atoms with Gasteiger partial charge in [0.2, 0.25) is 11.8 Å². The normalized spacial score (nSPS) is 25.3. The number of aliphatic hydroxyl groups is 1. The number of benzene rings is 3. The average Bonchev–Trinajstić information content (AvgIpc) is 3.70. The van der Waals surface area contributed by atoms with Crippen molar-refractivity contribution in [3.8, 4) is 5.75 Å². The van der Waals surface area contributed by atoms with E-state index in [0.29, 0.717) is 43.9 Å². The minimum Gasteiger partial charge on any atom is -0.494 e. The molecule has 3 aromatic rings. The fourth-order valence-corrected chi connectivity index (χ4v) is 11.6. The number of aliphatic hydroxyl groups excluding tert-OH is 1. The first-order chi connectivity index (χ1) is 23.8. The number of carbonyl (C=O) groups is 3. The van der Waals surface area contributed by atoms with Crippen LogP contribution in [0.1, 0.15) is 32.6 Å². The predicted molar refractivity (Wildman–Crippen MR) is 202 cm³/mol. The lowest BCUT2D eigenvalue weighted by atomic mass is 9.70. The summed E-state index contributed by atoms with van der Waals surface area (Å²) in [5.41, 5.74) is 1.44. The molecule has 3 amide bonds. The molecule has 3 aromatic carbocycles. The Balaban J connectivity index is 1.39. The minimum atomic E-state index is -0.792. The summed E-state index contributed by atoms with van der Waals surface area (Å²) >= 11 is 5.55. The van der Waals surface area contributed by atoms with Crippen LogP contribution in [-0.4, -0.2) is 81.4 Å². The molecule has 3 heterocycles. The third kappa shape index (κ3) is 6.43. The predicted octanol–water partition coefficient (Wildman–Crippen LogP) is 6.60. The maximum atomic E-state index is 15.1. The third-order valence-electron chi connectivity index (χ3n) is 10.0. The number of alkyl halides is 1. The van der Waals surface area contributed by atoms with Gasteiger partial charge in [-0.25, -0.2) is 0 Å². The van der Waals surface area contributed by atoms with Gasteiger partial charge in [-0.05, 0) is 79.8 Å². The van der Waals surface area contributed by atoms with Crippen molar-refractivity contribution in [2.24, 2.45) is 11.8 Å². The highest BCUT2D eigenvalue weighted by Gasteiger charge is 2.76. The number of carbonyl (C=O) groups excluding carboxylic acids is 3. The molecule has 258 valence electrons. The molecule has 8 nitrogen and oxygen atoms in total. The van der Waals surface area contributed by atoms with Crippen LogP contribution in [0.25, 0.3) is 10.8 Å². The zero-order valence-corrected chi connectivity index (χ0v) is 30.3. The summed E-state index contributed by atoms with van der Waals surface area (Å²) in [6, 6.07) is 20.6. The lowest BCUT2D eigenvalue weighted by molar-refractivity contribution is -0.139. The summed E-state index contributed by atoms with van der Waals surface area (Å²) in [7, 11) is 0. The third-order valence-corrected chi connectivity index (χ3v) is 13.2. The van der Waals surface area contributed by atoms with Crippen molar-refractivity contribution < 1.29 is 24.2 Å². The van der Waals surface area contributed by atoms with Crippen LogP contribution in [-0.2, 0) is 14.4 Å². The summed E-state index contributed by atoms with van der Waals surface area (Å²) < 4.78 is 4.84. The maximum Gasteiger partial charge on any atom is 0.251 e. The smallest absolute Gasteiger partial charge is 0.251 e. The number of halogens is 1. The number of ether oxygens (including phenoxy) is 1. The molecule has 6 rings (SSSR count). The van der Waals surface area contributed by atoms with Gasteiger partial charge >= 0.3 is 0 Å². The van der Waals surface area contributed by atoms with Crippen LogP contribution in [0.2, 0.25) is 0 Å². The molecule has 1 N–H and O–H groups in total. The van der Waals surface area contributed by atoms with Gasteiger partial charge in [0.05, 0.1) is 23.2 Å². The van der Waals surface area contributed by atoms with Crippen LogP contribution in [0, 0.1) is 11.8 Å². The molecule has 1 spiro atoms. The van der Waals surface area contributed by atoms with E-state index in [9.17, 15) is 14.7 Å². The molecule has 3 unspecified atom stereocenters. The van der Waals surface area contributed by atoms with Crippen molar-refractivity contribution in [2.75, 3.05) is 42.6 Å². The second-order valence-corrected chi connectivity index (χ2v) is 15.6. The Morgan fingerprint density at radius 1 is 0.980 bits per heavy atom. The van der Waals surface area contributed by atoms with Gasteiger partial charge in [-0.15, -0.1) is 24.9 Å². The van der Waals surface area contributed by atoms with Gasteiger partial charge in [-0.3, -0.25) is 14.4 Å². The summed E-state index contributed by atoms with van der Waals surface area (Å²) in [5.74, 6) is -1.02. The highest BCUT2D eigenvalue weighted by molar-refractivity contribution is 9.09. The number of likely N-dealkylation sites (tertiary alicyclic amines) is 1. The zero-order valence-electron chi connectivity index (χ0n) is 27.9. The van der Waals surface area contributed by atoms with E-state index >= 15 is 4.79 Å². The van der Waals surface area contributed by atoms with E-state index in [2.05, 4.69) is 29.1 Å². The standard InChI is InChI=1S/C39H44BrN3O5S/c1-4-20-41(28-16-18-30(19-17-28)48-6-3)36(45)32-33-37(46)43(22-10-7-11-23-44)35(39(33)25-31(40)34(32)49-39)38(47)42(21-5-2)29-15-14-26-12-8-9-13-27(26)24-29/h4-5,8-9,12-19,24,31-35,44H,1-2,6-7,10-11,20-23,25H2,3H3/t31?,32-,33+,34-,35?,39?/m1/s1. The number of hydrogen-bond acceptors (Lipinski definition) is 6. The molecule has 0 radical (unpaired) electrons. The van der Waals surface area contributed by atoms with E-state index in [0.717, 1.165) is 22.9 Å². The summed E-state index contributed by atoms with van der Waals surface area (Å²) in [6.07, 6.45) is 6.00. The summed E-state index contributed by atoms with van der Waals surface area (Å²) in [4.78, 5) is 49.7. The molecule has 49 heavy (non-hydrogen) atoms. The van der Waals surface area contributed by atoms with E-state index in [1.807, 2.05) is 73.7 Å². The van der Waals surface area contributed by atoms with Crippen LogP contribution in [0.5, 0.6) is 5.75 Å². The van der Waals surface area contributed by atoms with Crippen LogP contribution in [0.15, 0.2) is 92.0 Å². The van der Waals surface area contributed by atoms with Crippen molar-refractivity contribution in [1.29, 1.82) is 0 Å². The highest BCUT2D eigenvalue weighted by Crippen LogP contribution is 2.68. The molecule has 0 saturated carbocycles. The van der Waals surface area contributed by atoms with E-state index in [4.69, 9.17) is 4.74 Å². The van der Waals surface area contributed by atoms with Gasteiger partial charge < -0.3 is 24.5 Å². The van der Waals surface area contributed by atoms with Gasteiger partial charge in [0.15, 0.2) is 0 Å². The van der Waals surface area contributed by atoms with Gasteiger partial charge in [0.1, 0.15) is 11.8 Å². The SMILES string of the molecule is C=CCN(C(=O)C1N(CCCCCO)C(=O)[C@@H]2[C@@H](C(=O)N(CC=C)c3ccc(OCC)cc3)[C@@H]3SC12CC3Br)c1ccc2ccccc2c1. The molecule has 3 fully saturated rings. The Labute approximate surface area is 301 Å². The van der Waals surface area contributed by atoms with Crippen molar-refractivity contribution in [2.45, 2.75) is 53.5 Å². The second kappa shape index (κ2) is 15.1. The number of anilines is 2. The van der Waals surface area contributed by atoms with Crippen molar-refractivity contribution >= 4 is 67.6 Å². The summed E-state index contributed by atoms with van der Waals surface area (Å²) in [5, 5.41) is 11.3. The molecule has 2 bridgehead atoms. The molecular weight excluding hydrogens is 702 g/mol. The van der Waals surface area contributed by atoms with Crippen LogP contribution in [0.4, 0.5) is 11.4 Å². The van der Waals surface area contributed by atoms with E-state index < -0.39 is 22.6 Å². The Morgan fingerprint density at radius 2 is 1.65 bits per heavy atom. The monoisotopic (exact) mass is 745 g/mol. The molecule has 0 aromatic heterocycles. The van der Waals surface area contributed by atoms with E-state index in [1.54, 1.807) is 38.6 Å². The van der Waals surface area contributed by atoms with Crippen LogP contribution in [0.3, 0.4) is 0 Å². The lowest BCUT2D eigenvalue weighted by Crippen LogP contribution is -2.56. The van der Waals surface area contributed by atoms with E-state index in [-0.39, 0.29) is 47.5 Å². The van der Waals surface area contributed by atoms with Gasteiger partial charge in [0, 0.05) is 47.7 Å². The molecule has 0 aliphatic carbocycles. The number of nitrogens with zero attached hydrogens (tertiary/aromatic N) is 3. The first kappa shape index (κ1) is 35.2. The van der Waals surface area contributed by atoms with Crippen molar-refractivity contribution in [3.63, 3.8) is 0 Å². The lowest BCUT2D eigenvalue weighted by Gasteiger charge is -2.38. The first-order valence-corrected chi connectivity index (χ1v) is 18.9. The second-order valence-electron chi connectivity index (χ2n) is 12.9. The maximum absolute atomic E-state index is 15.1. The number of fused-ring (bicyclic) bond motifs is 2. The molecule has 3 saturated heterocycles. The molecule has 3 aliphatic rings. The molecule has 10 heteroatoms. The Hall–Kier alpha value is -3.60. The first-order valence-electron chi connectivity index (χ1n) is 17.1. The average molecular weight is 747 g/mol. The topological polar surface area (TPSA) is 90.4 Å². The van der Waals surface area contributed by atoms with Gasteiger partial charge in [-0.1, -0.05) is 58.4 Å². The van der Waals surface area contributed by atoms with Crippen LogP contribution >= 0.6 is 27.7 Å². The fraction of sp³-hybridized carbons (Fsp3) is 0.410. The number of amides is 3. The Bertz CT molecular complexity index is 1720. The largest absolute Gasteiger partial charge is 0.494 e. The Morgan fingerprint density at radius 3 is 2.33 bits per heavy atom. The fourth-order valence-electron chi connectivity index (χ4n) is 7.97. The molecule has 3 aliphatic heterocycles. The van der Waals surface area contributed by atoms with E-state index in [1.165, 1.54) is 0 Å². The highest BCUT2D eigenvalue weighted by atomic mass is 79.9. The minimum absolute atomic E-state index is 0.0560. The summed E-state index contributed by atoms with van der Waals surface area (Å²) in [6.45, 7) is 11.4. The Kier molecular flexibility index (Phi) is 10.9. The number of unbranched alkanes of at least 4 members (excludes halogenated alkanes) is 2.